The Morgan fingerprint density at radius 1 is 1.10 bits per heavy atom. The van der Waals surface area contributed by atoms with Crippen LogP contribution in [0, 0.1) is 0 Å². The number of aromatic nitrogens is 2. The van der Waals surface area contributed by atoms with Crippen LogP contribution in [0.15, 0.2) is 12.1 Å². The molecular weight excluding hydrogens is 378 g/mol. The average molecular weight is 408 g/mol. The maximum atomic E-state index is 13.8. The third kappa shape index (κ3) is 2.62. The first-order valence-electron chi connectivity index (χ1n) is 11.5. The van der Waals surface area contributed by atoms with Crippen LogP contribution in [-0.4, -0.2) is 40.8 Å². The van der Waals surface area contributed by atoms with E-state index in [-0.39, 0.29) is 17.4 Å². The number of nitrogens with one attached hydrogen (secondary N) is 1. The molecule has 30 heavy (non-hydrogen) atoms. The molecule has 0 saturated heterocycles. The summed E-state index contributed by atoms with van der Waals surface area (Å²) in [7, 11) is 0. The zero-order valence-corrected chi connectivity index (χ0v) is 17.6. The highest BCUT2D eigenvalue weighted by Gasteiger charge is 2.47. The molecule has 2 aromatic rings. The lowest BCUT2D eigenvalue weighted by Gasteiger charge is -2.46. The lowest BCUT2D eigenvalue weighted by molar-refractivity contribution is 0.0586. The van der Waals surface area contributed by atoms with Gasteiger partial charge in [0.25, 0.3) is 5.91 Å². The number of hydrogen-bond acceptors (Lipinski definition) is 4. The Labute approximate surface area is 176 Å². The lowest BCUT2D eigenvalue weighted by Crippen LogP contribution is -2.49. The van der Waals surface area contributed by atoms with Gasteiger partial charge < -0.3 is 14.4 Å². The van der Waals surface area contributed by atoms with Gasteiger partial charge in [0.15, 0.2) is 17.2 Å². The molecule has 158 valence electrons. The summed E-state index contributed by atoms with van der Waals surface area (Å²) >= 11 is 0. The summed E-state index contributed by atoms with van der Waals surface area (Å²) < 4.78 is 11.8. The number of ether oxygens (including phenoxy) is 2. The topological polar surface area (TPSA) is 67.5 Å². The van der Waals surface area contributed by atoms with Crippen molar-refractivity contribution in [2.45, 2.75) is 69.7 Å². The number of aromatic amines is 1. The Balaban J connectivity index is 1.43. The first kappa shape index (κ1) is 18.3. The Kier molecular flexibility index (Phi) is 4.12. The number of carbonyl (C=O) groups is 1. The molecule has 3 heterocycles. The third-order valence-corrected chi connectivity index (χ3v) is 7.76. The second-order valence-electron chi connectivity index (χ2n) is 9.42. The normalized spacial score (nSPS) is 23.9. The Morgan fingerprint density at radius 3 is 2.63 bits per heavy atom. The number of rotatable bonds is 1. The van der Waals surface area contributed by atoms with Crippen molar-refractivity contribution in [3.05, 3.63) is 40.2 Å². The number of H-pyrrole nitrogens is 1. The number of fused-ring (bicyclic) bond motifs is 4. The smallest absolute Gasteiger partial charge is 0.275 e. The van der Waals surface area contributed by atoms with E-state index in [2.05, 4.69) is 34.2 Å². The number of nitrogens with zero attached hydrogens (tertiary/aromatic N) is 2. The van der Waals surface area contributed by atoms with Crippen molar-refractivity contribution >= 4 is 5.91 Å². The average Bonchev–Trinajstić information content (AvgIpc) is 3.43. The van der Waals surface area contributed by atoms with Gasteiger partial charge in [-0.15, -0.1) is 0 Å². The van der Waals surface area contributed by atoms with Crippen LogP contribution in [0.25, 0.3) is 0 Å². The number of aryl methyl sites for hydroxylation is 1. The molecule has 1 amide bonds. The molecule has 1 aromatic carbocycles. The van der Waals surface area contributed by atoms with Crippen LogP contribution < -0.4 is 9.47 Å². The van der Waals surface area contributed by atoms with Crippen LogP contribution in [0.4, 0.5) is 0 Å². The van der Waals surface area contributed by atoms with Gasteiger partial charge in [0.2, 0.25) is 0 Å². The molecule has 2 aliphatic carbocycles. The van der Waals surface area contributed by atoms with Gasteiger partial charge in [-0.3, -0.25) is 9.89 Å². The minimum absolute atomic E-state index is 0.00880. The monoisotopic (exact) mass is 407 g/mol. The molecule has 1 unspecified atom stereocenters. The van der Waals surface area contributed by atoms with Gasteiger partial charge in [0, 0.05) is 23.2 Å². The molecule has 0 bridgehead atoms. The molecule has 1 saturated carbocycles. The molecule has 1 fully saturated rings. The molecule has 4 aliphatic rings. The van der Waals surface area contributed by atoms with Crippen LogP contribution in [0.1, 0.15) is 84.4 Å². The van der Waals surface area contributed by atoms with Crippen molar-refractivity contribution < 1.29 is 14.3 Å². The highest BCUT2D eigenvalue weighted by molar-refractivity contribution is 5.94. The number of benzene rings is 1. The molecule has 6 rings (SSSR count). The van der Waals surface area contributed by atoms with Crippen molar-refractivity contribution in [2.75, 3.05) is 19.8 Å². The van der Waals surface area contributed by atoms with Gasteiger partial charge >= 0.3 is 0 Å². The zero-order valence-electron chi connectivity index (χ0n) is 17.6. The molecule has 6 nitrogen and oxygen atoms in total. The molecule has 6 heteroatoms. The SMILES string of the molecule is CC1c2cc3c(cc2C2(CCCC2)CN1C(=O)c1n[nH]c2c1CCCC2)OCCO3. The summed E-state index contributed by atoms with van der Waals surface area (Å²) in [6.07, 6.45) is 8.93. The predicted molar refractivity (Wildman–Crippen MR) is 112 cm³/mol. The Morgan fingerprint density at radius 2 is 1.83 bits per heavy atom. The van der Waals surface area contributed by atoms with E-state index in [9.17, 15) is 4.79 Å². The minimum Gasteiger partial charge on any atom is -0.486 e. The molecule has 1 aromatic heterocycles. The second kappa shape index (κ2) is 6.76. The largest absolute Gasteiger partial charge is 0.486 e. The van der Waals surface area contributed by atoms with E-state index in [1.807, 2.05) is 0 Å². The Bertz CT molecular complexity index is 1010. The zero-order chi connectivity index (χ0) is 20.3. The summed E-state index contributed by atoms with van der Waals surface area (Å²) in [4.78, 5) is 15.8. The van der Waals surface area contributed by atoms with Crippen LogP contribution >= 0.6 is 0 Å². The number of carbonyl (C=O) groups excluding carboxylic acids is 1. The van der Waals surface area contributed by atoms with Crippen LogP contribution in [-0.2, 0) is 18.3 Å². The van der Waals surface area contributed by atoms with Crippen LogP contribution in [0.2, 0.25) is 0 Å². The van der Waals surface area contributed by atoms with E-state index in [1.165, 1.54) is 30.4 Å². The van der Waals surface area contributed by atoms with E-state index in [0.717, 1.165) is 61.4 Å². The molecular formula is C24H29N3O3. The van der Waals surface area contributed by atoms with Crippen LogP contribution in [0.5, 0.6) is 11.5 Å². The summed E-state index contributed by atoms with van der Waals surface area (Å²) in [5, 5.41) is 7.64. The highest BCUT2D eigenvalue weighted by Crippen LogP contribution is 2.52. The number of amides is 1. The van der Waals surface area contributed by atoms with Crippen LogP contribution in [0.3, 0.4) is 0 Å². The van der Waals surface area contributed by atoms with Crippen molar-refractivity contribution in [2.24, 2.45) is 0 Å². The molecule has 1 N–H and O–H groups in total. The third-order valence-electron chi connectivity index (χ3n) is 7.76. The Hall–Kier alpha value is -2.50. The summed E-state index contributed by atoms with van der Waals surface area (Å²) in [5.74, 6) is 1.75. The van der Waals surface area contributed by atoms with Gasteiger partial charge in [-0.2, -0.15) is 5.10 Å². The fraction of sp³-hybridized carbons (Fsp3) is 0.583. The maximum Gasteiger partial charge on any atom is 0.275 e. The fourth-order valence-electron chi connectivity index (χ4n) is 6.15. The minimum atomic E-state index is -0.00880. The number of hydrogen-bond donors (Lipinski definition) is 1. The molecule has 1 atom stereocenters. The van der Waals surface area contributed by atoms with E-state index in [1.54, 1.807) is 0 Å². The van der Waals surface area contributed by atoms with E-state index in [0.29, 0.717) is 18.9 Å². The molecule has 1 spiro atoms. The second-order valence-corrected chi connectivity index (χ2v) is 9.42. The standard InChI is InChI=1S/C24H29N3O3/c1-15-17-12-20-21(30-11-10-29-20)13-18(17)24(8-4-5-9-24)14-27(15)23(28)22-16-6-2-3-7-19(16)25-26-22/h12-13,15H,2-11,14H2,1H3,(H,25,26). The highest BCUT2D eigenvalue weighted by atomic mass is 16.6. The molecule has 0 radical (unpaired) electrons. The maximum absolute atomic E-state index is 13.8. The summed E-state index contributed by atoms with van der Waals surface area (Å²) in [6, 6.07) is 4.34. The molecule has 2 aliphatic heterocycles. The summed E-state index contributed by atoms with van der Waals surface area (Å²) in [5.41, 5.74) is 5.54. The van der Waals surface area contributed by atoms with Crippen molar-refractivity contribution in [3.63, 3.8) is 0 Å². The van der Waals surface area contributed by atoms with Crippen molar-refractivity contribution in [1.82, 2.24) is 15.1 Å². The van der Waals surface area contributed by atoms with Gasteiger partial charge in [0.05, 0.1) is 6.04 Å². The lowest BCUT2D eigenvalue weighted by atomic mass is 9.71. The quantitative estimate of drug-likeness (QED) is 0.773. The predicted octanol–water partition coefficient (Wildman–Crippen LogP) is 4.09. The van der Waals surface area contributed by atoms with E-state index in [4.69, 9.17) is 9.47 Å². The van der Waals surface area contributed by atoms with E-state index < -0.39 is 0 Å². The van der Waals surface area contributed by atoms with E-state index >= 15 is 0 Å². The van der Waals surface area contributed by atoms with Crippen molar-refractivity contribution in [1.29, 1.82) is 0 Å². The first-order chi connectivity index (χ1) is 14.7. The first-order valence-corrected chi connectivity index (χ1v) is 11.5. The van der Waals surface area contributed by atoms with Gasteiger partial charge in [0.1, 0.15) is 13.2 Å². The van der Waals surface area contributed by atoms with Crippen molar-refractivity contribution in [3.8, 4) is 11.5 Å². The van der Waals surface area contributed by atoms with Gasteiger partial charge in [-0.25, -0.2) is 0 Å². The van der Waals surface area contributed by atoms with Gasteiger partial charge in [-0.05, 0) is 68.7 Å². The fourth-order valence-corrected chi connectivity index (χ4v) is 6.15. The summed E-state index contributed by atoms with van der Waals surface area (Å²) in [6.45, 7) is 4.09. The van der Waals surface area contributed by atoms with Gasteiger partial charge in [-0.1, -0.05) is 12.8 Å².